The van der Waals surface area contributed by atoms with E-state index in [-0.39, 0.29) is 5.56 Å². The molecule has 4 rings (SSSR count). The third-order valence-electron chi connectivity index (χ3n) is 4.83. The molecule has 0 bridgehead atoms. The van der Waals surface area contributed by atoms with Gasteiger partial charge < -0.3 is 0 Å². The summed E-state index contributed by atoms with van der Waals surface area (Å²) in [5.41, 5.74) is 2.55. The Kier molecular flexibility index (Phi) is 4.69. The first-order valence-corrected chi connectivity index (χ1v) is 10.7. The van der Waals surface area contributed by atoms with Gasteiger partial charge in [-0.2, -0.15) is 0 Å². The Balaban J connectivity index is 1.90. The van der Waals surface area contributed by atoms with Crippen molar-refractivity contribution >= 4 is 33.3 Å². The summed E-state index contributed by atoms with van der Waals surface area (Å²) < 4.78 is 1.87. The molecule has 1 atom stereocenters. The molecule has 0 amide bonds. The zero-order chi connectivity index (χ0) is 17.4. The number of benzene rings is 1. The largest absolute Gasteiger partial charge is 0.283 e. The van der Waals surface area contributed by atoms with Gasteiger partial charge in [-0.1, -0.05) is 55.9 Å². The van der Waals surface area contributed by atoms with Crippen LogP contribution in [-0.4, -0.2) is 15.3 Å². The molecule has 1 aliphatic rings. The maximum Gasteiger partial charge on any atom is 0.263 e. The molecule has 0 spiro atoms. The van der Waals surface area contributed by atoms with Crippen LogP contribution in [-0.2, 0) is 19.4 Å². The lowest BCUT2D eigenvalue weighted by atomic mass is 9.89. The molecular formula is C20H22N2OS2. The van der Waals surface area contributed by atoms with Crippen molar-refractivity contribution in [2.24, 2.45) is 5.92 Å². The maximum atomic E-state index is 13.4. The van der Waals surface area contributed by atoms with Crippen molar-refractivity contribution in [3.05, 3.63) is 56.7 Å². The molecule has 0 fully saturated rings. The van der Waals surface area contributed by atoms with Crippen LogP contribution in [0.4, 0.5) is 0 Å². The summed E-state index contributed by atoms with van der Waals surface area (Å²) in [6.07, 6.45) is 3.32. The lowest BCUT2D eigenvalue weighted by Crippen LogP contribution is -2.24. The van der Waals surface area contributed by atoms with Gasteiger partial charge in [0.25, 0.3) is 5.56 Å². The van der Waals surface area contributed by atoms with E-state index in [0.717, 1.165) is 39.5 Å². The van der Waals surface area contributed by atoms with E-state index in [2.05, 4.69) is 26.0 Å². The fourth-order valence-corrected chi connectivity index (χ4v) is 5.54. The zero-order valence-electron chi connectivity index (χ0n) is 14.6. The van der Waals surface area contributed by atoms with Crippen LogP contribution < -0.4 is 5.56 Å². The lowest BCUT2D eigenvalue weighted by molar-refractivity contribution is 0.508. The van der Waals surface area contributed by atoms with Gasteiger partial charge in [0.2, 0.25) is 0 Å². The fraction of sp³-hybridized carbons (Fsp3) is 0.400. The first-order valence-electron chi connectivity index (χ1n) is 8.89. The van der Waals surface area contributed by atoms with Gasteiger partial charge >= 0.3 is 0 Å². The lowest BCUT2D eigenvalue weighted by Gasteiger charge is -2.18. The number of nitrogens with zero attached hydrogens (tertiary/aromatic N) is 2. The van der Waals surface area contributed by atoms with Gasteiger partial charge in [0.05, 0.1) is 11.9 Å². The quantitative estimate of drug-likeness (QED) is 0.491. The highest BCUT2D eigenvalue weighted by molar-refractivity contribution is 7.99. The molecule has 0 saturated carbocycles. The Hall–Kier alpha value is -1.59. The summed E-state index contributed by atoms with van der Waals surface area (Å²) in [5.74, 6) is 1.56. The molecule has 3 nitrogen and oxygen atoms in total. The second-order valence-electron chi connectivity index (χ2n) is 6.74. The molecule has 25 heavy (non-hydrogen) atoms. The standard InChI is InChI=1S/C20H22N2OS2/c1-3-24-20-21-18-17(15-11-13(2)9-10-16(15)25-18)19(23)22(20)12-14-7-5-4-6-8-14/h4-8,13H,3,9-12H2,1-2H3/t13-/m1/s1. The van der Waals surface area contributed by atoms with Gasteiger partial charge in [-0.3, -0.25) is 9.36 Å². The number of fused-ring (bicyclic) bond motifs is 3. The van der Waals surface area contributed by atoms with Crippen molar-refractivity contribution in [1.82, 2.24) is 9.55 Å². The summed E-state index contributed by atoms with van der Waals surface area (Å²) in [6.45, 7) is 4.98. The molecule has 0 aliphatic heterocycles. The molecule has 5 heteroatoms. The third kappa shape index (κ3) is 3.15. The zero-order valence-corrected chi connectivity index (χ0v) is 16.3. The predicted molar refractivity (Wildman–Crippen MR) is 107 cm³/mol. The molecular weight excluding hydrogens is 348 g/mol. The Labute approximate surface area is 156 Å². The molecule has 2 heterocycles. The van der Waals surface area contributed by atoms with E-state index in [9.17, 15) is 4.79 Å². The minimum absolute atomic E-state index is 0.136. The first-order chi connectivity index (χ1) is 12.2. The summed E-state index contributed by atoms with van der Waals surface area (Å²) >= 11 is 3.39. The van der Waals surface area contributed by atoms with Crippen molar-refractivity contribution in [2.45, 2.75) is 44.8 Å². The van der Waals surface area contributed by atoms with Gasteiger partial charge in [-0.05, 0) is 42.1 Å². The molecule has 1 aromatic carbocycles. The van der Waals surface area contributed by atoms with Crippen LogP contribution in [0.15, 0.2) is 40.3 Å². The Bertz CT molecular complexity index is 959. The van der Waals surface area contributed by atoms with Crippen LogP contribution >= 0.6 is 23.1 Å². The molecule has 0 unspecified atom stereocenters. The Morgan fingerprint density at radius 1 is 1.32 bits per heavy atom. The second kappa shape index (κ2) is 6.96. The monoisotopic (exact) mass is 370 g/mol. The number of hydrogen-bond acceptors (Lipinski definition) is 4. The molecule has 0 saturated heterocycles. The number of aromatic nitrogens is 2. The van der Waals surface area contributed by atoms with E-state index >= 15 is 0 Å². The number of thioether (sulfide) groups is 1. The SMILES string of the molecule is CCSc1nc2sc3c(c2c(=O)n1Cc1ccccc1)C[C@H](C)CC3. The third-order valence-corrected chi connectivity index (χ3v) is 6.88. The molecule has 2 aromatic heterocycles. The van der Waals surface area contributed by atoms with Gasteiger partial charge in [0, 0.05) is 4.88 Å². The van der Waals surface area contributed by atoms with Gasteiger partial charge in [0.15, 0.2) is 5.16 Å². The topological polar surface area (TPSA) is 34.9 Å². The van der Waals surface area contributed by atoms with E-state index in [1.54, 1.807) is 23.1 Å². The molecule has 0 radical (unpaired) electrons. The number of thiophene rings is 1. The maximum absolute atomic E-state index is 13.4. The first kappa shape index (κ1) is 16.9. The van der Waals surface area contributed by atoms with Crippen LogP contribution in [0.5, 0.6) is 0 Å². The Morgan fingerprint density at radius 2 is 2.12 bits per heavy atom. The van der Waals surface area contributed by atoms with Crippen LogP contribution in [0.25, 0.3) is 10.2 Å². The minimum Gasteiger partial charge on any atom is -0.283 e. The fourth-order valence-electron chi connectivity index (χ4n) is 3.56. The van der Waals surface area contributed by atoms with Crippen molar-refractivity contribution in [1.29, 1.82) is 0 Å². The second-order valence-corrected chi connectivity index (χ2v) is 9.05. The number of aryl methyl sites for hydroxylation is 1. The van der Waals surface area contributed by atoms with Crippen LogP contribution in [0.3, 0.4) is 0 Å². The average Bonchev–Trinajstić information content (AvgIpc) is 2.97. The van der Waals surface area contributed by atoms with Crippen LogP contribution in [0, 0.1) is 5.92 Å². The van der Waals surface area contributed by atoms with Gasteiger partial charge in [0.1, 0.15) is 4.83 Å². The normalized spacial score (nSPS) is 17.0. The average molecular weight is 371 g/mol. The van der Waals surface area contributed by atoms with Crippen molar-refractivity contribution in [2.75, 3.05) is 5.75 Å². The van der Waals surface area contributed by atoms with Crippen LogP contribution in [0.2, 0.25) is 0 Å². The van der Waals surface area contributed by atoms with Crippen LogP contribution in [0.1, 0.15) is 36.3 Å². The highest BCUT2D eigenvalue weighted by Gasteiger charge is 2.24. The van der Waals surface area contributed by atoms with Crippen molar-refractivity contribution in [3.63, 3.8) is 0 Å². The highest BCUT2D eigenvalue weighted by Crippen LogP contribution is 2.36. The summed E-state index contributed by atoms with van der Waals surface area (Å²) in [7, 11) is 0. The van der Waals surface area contributed by atoms with Gasteiger partial charge in [-0.25, -0.2) is 4.98 Å². The smallest absolute Gasteiger partial charge is 0.263 e. The van der Waals surface area contributed by atoms with E-state index < -0.39 is 0 Å². The summed E-state index contributed by atoms with van der Waals surface area (Å²) in [6, 6.07) is 10.2. The summed E-state index contributed by atoms with van der Waals surface area (Å²) in [5, 5.41) is 1.72. The van der Waals surface area contributed by atoms with E-state index in [0.29, 0.717) is 12.5 Å². The molecule has 0 N–H and O–H groups in total. The van der Waals surface area contributed by atoms with E-state index in [1.807, 2.05) is 22.8 Å². The van der Waals surface area contributed by atoms with Crippen molar-refractivity contribution < 1.29 is 0 Å². The Morgan fingerprint density at radius 3 is 2.88 bits per heavy atom. The number of rotatable bonds is 4. The molecule has 130 valence electrons. The van der Waals surface area contributed by atoms with Gasteiger partial charge in [-0.15, -0.1) is 11.3 Å². The van der Waals surface area contributed by atoms with E-state index in [4.69, 9.17) is 4.98 Å². The predicted octanol–water partition coefficient (Wildman–Crippen LogP) is 4.74. The molecule has 1 aliphatic carbocycles. The van der Waals surface area contributed by atoms with Crippen molar-refractivity contribution in [3.8, 4) is 0 Å². The van der Waals surface area contributed by atoms with E-state index in [1.165, 1.54) is 16.9 Å². The minimum atomic E-state index is 0.136. The molecule has 3 aromatic rings. The summed E-state index contributed by atoms with van der Waals surface area (Å²) in [4.78, 5) is 20.6. The number of hydrogen-bond donors (Lipinski definition) is 0. The highest BCUT2D eigenvalue weighted by atomic mass is 32.2.